The Morgan fingerprint density at radius 1 is 1.07 bits per heavy atom. The summed E-state index contributed by atoms with van der Waals surface area (Å²) in [5.41, 5.74) is 1.48. The average Bonchev–Trinajstić information content (AvgIpc) is 3.29. The molecule has 0 unspecified atom stereocenters. The van der Waals surface area contributed by atoms with E-state index in [4.69, 9.17) is 23.0 Å². The molecule has 0 aliphatic carbocycles. The maximum Gasteiger partial charge on any atom is 0.331 e. The van der Waals surface area contributed by atoms with E-state index in [1.54, 1.807) is 38.5 Å². The molecule has 0 fully saturated rings. The molecule has 3 aromatic rings. The van der Waals surface area contributed by atoms with Gasteiger partial charge in [-0.05, 0) is 43.7 Å². The Hall–Kier alpha value is -3.55. The summed E-state index contributed by atoms with van der Waals surface area (Å²) in [6.45, 7) is 3.52. The van der Waals surface area contributed by atoms with E-state index in [0.29, 0.717) is 23.1 Å². The van der Waals surface area contributed by atoms with E-state index in [-0.39, 0.29) is 12.5 Å². The van der Waals surface area contributed by atoms with Gasteiger partial charge in [0.05, 0.1) is 19.8 Å². The van der Waals surface area contributed by atoms with E-state index in [9.17, 15) is 4.79 Å². The first-order valence-corrected chi connectivity index (χ1v) is 8.46. The molecule has 3 rings (SSSR count). The lowest BCUT2D eigenvalue weighted by Crippen LogP contribution is -2.01. The maximum atomic E-state index is 11.9. The molecular formula is C20H20N2O6. The number of aryl methyl sites for hydroxylation is 2. The molecule has 0 atom stereocenters. The first-order valence-electron chi connectivity index (χ1n) is 8.46. The van der Waals surface area contributed by atoms with E-state index in [1.165, 1.54) is 6.08 Å². The number of nitrogens with zero attached hydrogens (tertiary/aromatic N) is 2. The molecule has 2 aromatic heterocycles. The normalized spacial score (nSPS) is 11.0. The van der Waals surface area contributed by atoms with Gasteiger partial charge in [0.15, 0.2) is 18.1 Å². The van der Waals surface area contributed by atoms with Gasteiger partial charge in [0.2, 0.25) is 0 Å². The van der Waals surface area contributed by atoms with Crippen molar-refractivity contribution in [3.63, 3.8) is 0 Å². The molecule has 0 saturated carbocycles. The van der Waals surface area contributed by atoms with Gasteiger partial charge in [-0.1, -0.05) is 6.07 Å². The van der Waals surface area contributed by atoms with Gasteiger partial charge < -0.3 is 23.0 Å². The van der Waals surface area contributed by atoms with E-state index < -0.39 is 5.97 Å². The number of hydrogen-bond donors (Lipinski definition) is 0. The van der Waals surface area contributed by atoms with E-state index in [1.807, 2.05) is 19.9 Å². The van der Waals surface area contributed by atoms with Crippen LogP contribution < -0.4 is 9.47 Å². The number of carbonyl (C=O) groups is 1. The summed E-state index contributed by atoms with van der Waals surface area (Å²) in [5, 5.41) is 7.84. The Morgan fingerprint density at radius 3 is 2.54 bits per heavy atom. The molecule has 28 heavy (non-hydrogen) atoms. The third-order valence-corrected chi connectivity index (χ3v) is 3.90. The third-order valence-electron chi connectivity index (χ3n) is 3.90. The summed E-state index contributed by atoms with van der Waals surface area (Å²) in [5.74, 6) is 2.59. The van der Waals surface area contributed by atoms with Gasteiger partial charge in [0.1, 0.15) is 11.5 Å². The number of methoxy groups -OCH3 is 2. The molecule has 0 aliphatic rings. The summed E-state index contributed by atoms with van der Waals surface area (Å²) in [7, 11) is 3.10. The van der Waals surface area contributed by atoms with E-state index >= 15 is 0 Å². The monoisotopic (exact) mass is 384 g/mol. The van der Waals surface area contributed by atoms with Crippen molar-refractivity contribution in [2.24, 2.45) is 0 Å². The second kappa shape index (κ2) is 8.43. The van der Waals surface area contributed by atoms with Crippen LogP contribution in [0.1, 0.15) is 23.0 Å². The topological polar surface area (TPSA) is 96.8 Å². The molecular weight excluding hydrogens is 364 g/mol. The Balaban J connectivity index is 1.59. The summed E-state index contributed by atoms with van der Waals surface area (Å²) in [6, 6.07) is 7.11. The molecule has 0 N–H and O–H groups in total. The van der Waals surface area contributed by atoms with Crippen LogP contribution in [0.5, 0.6) is 11.5 Å². The van der Waals surface area contributed by atoms with Crippen molar-refractivity contribution in [1.82, 2.24) is 10.2 Å². The van der Waals surface area contributed by atoms with Crippen molar-refractivity contribution in [3.05, 3.63) is 53.3 Å². The summed E-state index contributed by atoms with van der Waals surface area (Å²) in [4.78, 5) is 11.9. The number of aromatic nitrogens is 2. The molecule has 8 heteroatoms. The number of carbonyl (C=O) groups excluding carboxylic acids is 1. The van der Waals surface area contributed by atoms with Crippen LogP contribution >= 0.6 is 0 Å². The van der Waals surface area contributed by atoms with Crippen molar-refractivity contribution < 1.29 is 27.8 Å². The first kappa shape index (κ1) is 19.2. The van der Waals surface area contributed by atoms with Crippen LogP contribution in [0, 0.1) is 13.8 Å². The van der Waals surface area contributed by atoms with E-state index in [0.717, 1.165) is 16.9 Å². The highest BCUT2D eigenvalue weighted by atomic mass is 16.5. The number of hydrogen-bond acceptors (Lipinski definition) is 8. The van der Waals surface area contributed by atoms with Crippen LogP contribution in [0.4, 0.5) is 0 Å². The second-order valence-electron chi connectivity index (χ2n) is 5.88. The number of rotatable bonds is 7. The van der Waals surface area contributed by atoms with Gasteiger partial charge in [-0.3, -0.25) is 0 Å². The van der Waals surface area contributed by atoms with Crippen molar-refractivity contribution in [1.29, 1.82) is 0 Å². The number of benzene rings is 1. The van der Waals surface area contributed by atoms with Crippen molar-refractivity contribution in [3.8, 4) is 23.0 Å². The van der Waals surface area contributed by atoms with Crippen LogP contribution in [0.2, 0.25) is 0 Å². The standard InChI is InChI=1S/C20H20N2O6/c1-12-9-15(13(2)27-12)20-22-21-18(28-20)11-26-19(23)8-6-14-5-7-16(24-3)17(10-14)25-4/h5-10H,11H2,1-4H3/b8-6+. The smallest absolute Gasteiger partial charge is 0.331 e. The molecule has 1 aromatic carbocycles. The fourth-order valence-electron chi connectivity index (χ4n) is 2.57. The van der Waals surface area contributed by atoms with Crippen LogP contribution in [0.25, 0.3) is 17.5 Å². The molecule has 0 spiro atoms. The van der Waals surface area contributed by atoms with Gasteiger partial charge in [-0.15, -0.1) is 10.2 Å². The Bertz CT molecular complexity index is 1000. The third kappa shape index (κ3) is 4.40. The number of ether oxygens (including phenoxy) is 3. The Morgan fingerprint density at radius 2 is 1.86 bits per heavy atom. The van der Waals surface area contributed by atoms with Crippen LogP contribution in [-0.4, -0.2) is 30.4 Å². The quantitative estimate of drug-likeness (QED) is 0.449. The molecule has 2 heterocycles. The zero-order valence-electron chi connectivity index (χ0n) is 16.0. The minimum atomic E-state index is -0.537. The lowest BCUT2D eigenvalue weighted by molar-refractivity contribution is -0.139. The number of esters is 1. The van der Waals surface area contributed by atoms with Crippen molar-refractivity contribution in [2.75, 3.05) is 14.2 Å². The summed E-state index contributed by atoms with van der Waals surface area (Å²) in [6.07, 6.45) is 2.92. The fraction of sp³-hybridized carbons (Fsp3) is 0.250. The van der Waals surface area contributed by atoms with Crippen molar-refractivity contribution in [2.45, 2.75) is 20.5 Å². The van der Waals surface area contributed by atoms with Gasteiger partial charge in [0, 0.05) is 6.08 Å². The van der Waals surface area contributed by atoms with Crippen molar-refractivity contribution >= 4 is 12.0 Å². The highest BCUT2D eigenvalue weighted by Gasteiger charge is 2.15. The first-order chi connectivity index (χ1) is 13.5. The Kier molecular flexibility index (Phi) is 5.78. The zero-order valence-corrected chi connectivity index (χ0v) is 16.0. The predicted octanol–water partition coefficient (Wildman–Crippen LogP) is 3.72. The largest absolute Gasteiger partial charge is 0.493 e. The minimum Gasteiger partial charge on any atom is -0.493 e. The number of furan rings is 1. The van der Waals surface area contributed by atoms with Gasteiger partial charge >= 0.3 is 5.97 Å². The lowest BCUT2D eigenvalue weighted by atomic mass is 10.2. The van der Waals surface area contributed by atoms with Gasteiger partial charge in [0.25, 0.3) is 11.8 Å². The molecule has 8 nitrogen and oxygen atoms in total. The van der Waals surface area contributed by atoms with Gasteiger partial charge in [-0.25, -0.2) is 4.79 Å². The second-order valence-corrected chi connectivity index (χ2v) is 5.88. The molecule has 0 bridgehead atoms. The van der Waals surface area contributed by atoms with Crippen LogP contribution in [0.3, 0.4) is 0 Å². The SMILES string of the molecule is COc1ccc(/C=C/C(=O)OCc2nnc(-c3cc(C)oc3C)o2)cc1OC. The molecule has 0 saturated heterocycles. The van der Waals surface area contributed by atoms with Gasteiger partial charge in [-0.2, -0.15) is 0 Å². The molecule has 0 amide bonds. The molecule has 0 aliphatic heterocycles. The minimum absolute atomic E-state index is 0.127. The summed E-state index contributed by atoms with van der Waals surface area (Å²) >= 11 is 0. The maximum absolute atomic E-state index is 11.9. The zero-order chi connectivity index (χ0) is 20.1. The lowest BCUT2D eigenvalue weighted by Gasteiger charge is -2.07. The van der Waals surface area contributed by atoms with Crippen LogP contribution in [0.15, 0.2) is 39.2 Å². The van der Waals surface area contributed by atoms with E-state index in [2.05, 4.69) is 10.2 Å². The average molecular weight is 384 g/mol. The predicted molar refractivity (Wildman–Crippen MR) is 99.9 cm³/mol. The molecule has 146 valence electrons. The summed E-state index contributed by atoms with van der Waals surface area (Å²) < 4.78 is 26.5. The highest BCUT2D eigenvalue weighted by Crippen LogP contribution is 2.28. The highest BCUT2D eigenvalue weighted by molar-refractivity contribution is 5.87. The fourth-order valence-corrected chi connectivity index (χ4v) is 2.57. The molecule has 0 radical (unpaired) electrons. The Labute approximate surface area is 161 Å². The van der Waals surface area contributed by atoms with Crippen LogP contribution in [-0.2, 0) is 16.1 Å².